The highest BCUT2D eigenvalue weighted by atomic mass is 35.5. The minimum Gasteiger partial charge on any atom is -0.466 e. The SMILES string of the molecule is C=C1NC(=O)C(Cc2cccc(Cn3c(C)c(Oc4ccc(Cl)cc4)c4ccc(OC(F)(F)F)cc43)c2)O1. The molecule has 5 rings (SSSR count). The number of ether oxygens (including phenoxy) is 3. The van der Waals surface area contributed by atoms with Crippen molar-refractivity contribution in [3.05, 3.63) is 101 Å². The van der Waals surface area contributed by atoms with E-state index in [0.717, 1.165) is 11.1 Å². The van der Waals surface area contributed by atoms with Gasteiger partial charge in [-0.3, -0.25) is 10.1 Å². The van der Waals surface area contributed by atoms with Gasteiger partial charge in [0, 0.05) is 29.4 Å². The van der Waals surface area contributed by atoms with Gasteiger partial charge < -0.3 is 18.8 Å². The van der Waals surface area contributed by atoms with Crippen LogP contribution >= 0.6 is 11.6 Å². The summed E-state index contributed by atoms with van der Waals surface area (Å²) in [6.45, 7) is 5.79. The zero-order chi connectivity index (χ0) is 27.0. The molecule has 1 fully saturated rings. The summed E-state index contributed by atoms with van der Waals surface area (Å²) >= 11 is 5.99. The Morgan fingerprint density at radius 1 is 1.05 bits per heavy atom. The zero-order valence-electron chi connectivity index (χ0n) is 20.1. The molecule has 0 aliphatic carbocycles. The van der Waals surface area contributed by atoms with Gasteiger partial charge in [0.25, 0.3) is 5.91 Å². The molecule has 6 nitrogen and oxygen atoms in total. The minimum atomic E-state index is -4.82. The van der Waals surface area contributed by atoms with E-state index in [2.05, 4.69) is 16.6 Å². The van der Waals surface area contributed by atoms with Gasteiger partial charge in [0.15, 0.2) is 17.7 Å². The molecule has 1 amide bonds. The Balaban J connectivity index is 1.51. The lowest BCUT2D eigenvalue weighted by molar-refractivity contribution is -0.274. The lowest BCUT2D eigenvalue weighted by atomic mass is 10.0. The normalized spacial score (nSPS) is 15.4. The van der Waals surface area contributed by atoms with E-state index in [1.807, 2.05) is 35.8 Å². The first kappa shape index (κ1) is 25.5. The van der Waals surface area contributed by atoms with Gasteiger partial charge in [-0.25, -0.2) is 0 Å². The molecule has 2 heterocycles. The average molecular weight is 543 g/mol. The first-order chi connectivity index (χ1) is 18.1. The highest BCUT2D eigenvalue weighted by molar-refractivity contribution is 6.30. The Labute approximate surface area is 221 Å². The third kappa shape index (κ3) is 5.57. The van der Waals surface area contributed by atoms with E-state index in [9.17, 15) is 18.0 Å². The number of carbonyl (C=O) groups excluding carboxylic acids is 1. The third-order valence-corrected chi connectivity index (χ3v) is 6.35. The standard InChI is InChI=1S/C28H22ClF3N2O4/c1-16-26(37-21-8-6-20(29)7-9-21)23-11-10-22(38-28(30,31)32)14-24(23)34(16)15-19-5-3-4-18(12-19)13-25-27(35)33-17(2)36-25/h3-12,14,25H,2,13,15H2,1H3,(H,33,35). The number of aromatic nitrogens is 1. The van der Waals surface area contributed by atoms with E-state index in [1.165, 1.54) is 12.1 Å². The molecular formula is C28H22ClF3N2O4. The van der Waals surface area contributed by atoms with Gasteiger partial charge in [0.1, 0.15) is 11.5 Å². The molecule has 0 bridgehead atoms. The highest BCUT2D eigenvalue weighted by Crippen LogP contribution is 2.39. The number of carbonyl (C=O) groups is 1. The van der Waals surface area contributed by atoms with Crippen LogP contribution in [-0.2, 0) is 22.5 Å². The quantitative estimate of drug-likeness (QED) is 0.277. The fourth-order valence-corrected chi connectivity index (χ4v) is 4.56. The molecular weight excluding hydrogens is 521 g/mol. The second kappa shape index (κ2) is 9.98. The molecule has 38 heavy (non-hydrogen) atoms. The Bertz CT molecular complexity index is 1530. The first-order valence-corrected chi connectivity index (χ1v) is 12.0. The Morgan fingerprint density at radius 2 is 1.76 bits per heavy atom. The van der Waals surface area contributed by atoms with Crippen LogP contribution in [0, 0.1) is 6.92 Å². The predicted octanol–water partition coefficient (Wildman–Crippen LogP) is 6.87. The van der Waals surface area contributed by atoms with E-state index in [4.69, 9.17) is 21.1 Å². The fraction of sp³-hybridized carbons (Fsp3) is 0.179. The number of hydrogen-bond donors (Lipinski definition) is 1. The third-order valence-electron chi connectivity index (χ3n) is 6.10. The molecule has 0 saturated carbocycles. The monoisotopic (exact) mass is 542 g/mol. The van der Waals surface area contributed by atoms with Crippen LogP contribution in [0.1, 0.15) is 16.8 Å². The van der Waals surface area contributed by atoms with Gasteiger partial charge in [-0.2, -0.15) is 0 Å². The molecule has 1 unspecified atom stereocenters. The molecule has 1 aromatic heterocycles. The number of hydrogen-bond acceptors (Lipinski definition) is 4. The van der Waals surface area contributed by atoms with Gasteiger partial charge in [-0.05, 0) is 61.0 Å². The summed E-state index contributed by atoms with van der Waals surface area (Å²) in [6, 6.07) is 18.5. The van der Waals surface area contributed by atoms with E-state index in [0.29, 0.717) is 46.1 Å². The summed E-state index contributed by atoms with van der Waals surface area (Å²) in [4.78, 5) is 12.0. The van der Waals surface area contributed by atoms with Crippen molar-refractivity contribution in [3.8, 4) is 17.2 Å². The molecule has 1 saturated heterocycles. The van der Waals surface area contributed by atoms with Crippen molar-refractivity contribution < 1.29 is 32.2 Å². The molecule has 1 aliphatic rings. The number of fused-ring (bicyclic) bond motifs is 1. The zero-order valence-corrected chi connectivity index (χ0v) is 20.9. The maximum atomic E-state index is 12.9. The highest BCUT2D eigenvalue weighted by Gasteiger charge is 2.32. The second-order valence-corrected chi connectivity index (χ2v) is 9.26. The Morgan fingerprint density at radius 3 is 2.45 bits per heavy atom. The summed E-state index contributed by atoms with van der Waals surface area (Å²) < 4.78 is 56.5. The second-order valence-electron chi connectivity index (χ2n) is 8.83. The minimum absolute atomic E-state index is 0.218. The number of nitrogens with zero attached hydrogens (tertiary/aromatic N) is 1. The van der Waals surface area contributed by atoms with Crippen molar-refractivity contribution in [1.29, 1.82) is 0 Å². The molecule has 196 valence electrons. The van der Waals surface area contributed by atoms with Crippen molar-refractivity contribution in [2.75, 3.05) is 0 Å². The summed E-state index contributed by atoms with van der Waals surface area (Å²) in [5.41, 5.74) is 2.96. The molecule has 3 aromatic carbocycles. The van der Waals surface area contributed by atoms with Gasteiger partial charge in [-0.1, -0.05) is 35.9 Å². The van der Waals surface area contributed by atoms with Crippen molar-refractivity contribution in [1.82, 2.24) is 9.88 Å². The number of alkyl halides is 3. The smallest absolute Gasteiger partial charge is 0.466 e. The fourth-order valence-electron chi connectivity index (χ4n) is 4.43. The number of amides is 1. The molecule has 1 N–H and O–H groups in total. The number of nitrogens with one attached hydrogen (secondary N) is 1. The maximum Gasteiger partial charge on any atom is 0.573 e. The maximum absolute atomic E-state index is 12.9. The van der Waals surface area contributed by atoms with Crippen LogP contribution < -0.4 is 14.8 Å². The molecule has 0 radical (unpaired) electrons. The first-order valence-electron chi connectivity index (χ1n) is 11.6. The van der Waals surface area contributed by atoms with E-state index >= 15 is 0 Å². The van der Waals surface area contributed by atoms with E-state index in [1.54, 1.807) is 30.3 Å². The average Bonchev–Trinajstić information content (AvgIpc) is 3.29. The topological polar surface area (TPSA) is 61.7 Å². The summed E-state index contributed by atoms with van der Waals surface area (Å²) in [5, 5.41) is 3.72. The number of rotatable bonds is 7. The van der Waals surface area contributed by atoms with Crippen LogP contribution in [-0.4, -0.2) is 22.9 Å². The van der Waals surface area contributed by atoms with Crippen molar-refractivity contribution in [2.45, 2.75) is 32.4 Å². The van der Waals surface area contributed by atoms with E-state index < -0.39 is 12.5 Å². The van der Waals surface area contributed by atoms with Crippen LogP contribution in [0.3, 0.4) is 0 Å². The van der Waals surface area contributed by atoms with Crippen LogP contribution in [0.2, 0.25) is 5.02 Å². The summed E-state index contributed by atoms with van der Waals surface area (Å²) in [6.07, 6.45) is -5.15. The van der Waals surface area contributed by atoms with Gasteiger partial charge in [0.05, 0.1) is 11.2 Å². The van der Waals surface area contributed by atoms with Crippen molar-refractivity contribution >= 4 is 28.4 Å². The van der Waals surface area contributed by atoms with Crippen LogP contribution in [0.15, 0.2) is 79.2 Å². The van der Waals surface area contributed by atoms with Crippen LogP contribution in [0.4, 0.5) is 13.2 Å². The number of halogens is 4. The molecule has 4 aromatic rings. The lowest BCUT2D eigenvalue weighted by Crippen LogP contribution is -2.25. The molecule has 10 heteroatoms. The van der Waals surface area contributed by atoms with E-state index in [-0.39, 0.29) is 17.5 Å². The lowest BCUT2D eigenvalue weighted by Gasteiger charge is -2.13. The van der Waals surface area contributed by atoms with Crippen LogP contribution in [0.5, 0.6) is 17.2 Å². The van der Waals surface area contributed by atoms with Crippen molar-refractivity contribution in [2.24, 2.45) is 0 Å². The summed E-state index contributed by atoms with van der Waals surface area (Å²) in [5.74, 6) is 0.668. The van der Waals surface area contributed by atoms with Gasteiger partial charge in [-0.15, -0.1) is 13.2 Å². The predicted molar refractivity (Wildman–Crippen MR) is 136 cm³/mol. The van der Waals surface area contributed by atoms with Gasteiger partial charge in [0.2, 0.25) is 0 Å². The molecule has 1 aliphatic heterocycles. The molecule has 1 atom stereocenters. The van der Waals surface area contributed by atoms with Gasteiger partial charge >= 0.3 is 6.36 Å². The molecule has 0 spiro atoms. The Kier molecular flexibility index (Phi) is 6.71. The van der Waals surface area contributed by atoms with Crippen molar-refractivity contribution in [3.63, 3.8) is 0 Å². The number of benzene rings is 3. The van der Waals surface area contributed by atoms with Crippen LogP contribution in [0.25, 0.3) is 10.9 Å². The largest absolute Gasteiger partial charge is 0.573 e. The Hall–Kier alpha value is -4.11. The summed E-state index contributed by atoms with van der Waals surface area (Å²) in [7, 11) is 0.